The first-order valence-electron chi connectivity index (χ1n) is 8.58. The van der Waals surface area contributed by atoms with E-state index in [4.69, 9.17) is 0 Å². The van der Waals surface area contributed by atoms with Gasteiger partial charge in [-0.2, -0.15) is 0 Å². The van der Waals surface area contributed by atoms with E-state index < -0.39 is 0 Å². The van der Waals surface area contributed by atoms with Gasteiger partial charge in [0.15, 0.2) is 0 Å². The minimum atomic E-state index is 0.302. The van der Waals surface area contributed by atoms with Crippen molar-refractivity contribution in [3.8, 4) is 0 Å². The van der Waals surface area contributed by atoms with Crippen molar-refractivity contribution >= 4 is 0 Å². The van der Waals surface area contributed by atoms with E-state index in [1.54, 1.807) is 0 Å². The Hall–Kier alpha value is -1.56. The second-order valence-electron chi connectivity index (χ2n) is 7.93. The Morgan fingerprint density at radius 1 is 0.818 bits per heavy atom. The van der Waals surface area contributed by atoms with Crippen molar-refractivity contribution in [3.05, 3.63) is 71.8 Å². The summed E-state index contributed by atoms with van der Waals surface area (Å²) in [5, 5.41) is 0. The van der Waals surface area contributed by atoms with Gasteiger partial charge in [-0.15, -0.1) is 0 Å². The maximum absolute atomic E-state index is 2.47. The fourth-order valence-corrected chi connectivity index (χ4v) is 4.82. The summed E-state index contributed by atoms with van der Waals surface area (Å²) in [6.45, 7) is 9.66. The van der Waals surface area contributed by atoms with Crippen LogP contribution < -0.4 is 0 Å². The zero-order valence-electron chi connectivity index (χ0n) is 14.3. The first-order valence-corrected chi connectivity index (χ1v) is 8.58. The van der Waals surface area contributed by atoms with Gasteiger partial charge in [0, 0.05) is 0 Å². The number of hydrogen-bond donors (Lipinski definition) is 0. The second kappa shape index (κ2) is 5.57. The van der Waals surface area contributed by atoms with Crippen molar-refractivity contribution in [2.45, 2.75) is 51.4 Å². The highest BCUT2D eigenvalue weighted by molar-refractivity contribution is 5.40. The summed E-state index contributed by atoms with van der Waals surface area (Å²) >= 11 is 0. The molecule has 22 heavy (non-hydrogen) atoms. The lowest BCUT2D eigenvalue weighted by molar-refractivity contribution is 0.00276. The molecule has 0 nitrogen and oxygen atoms in total. The van der Waals surface area contributed by atoms with Gasteiger partial charge in [0.2, 0.25) is 0 Å². The van der Waals surface area contributed by atoms with Crippen LogP contribution >= 0.6 is 0 Å². The van der Waals surface area contributed by atoms with Crippen LogP contribution in [0.25, 0.3) is 0 Å². The van der Waals surface area contributed by atoms with Crippen molar-refractivity contribution in [1.29, 1.82) is 0 Å². The highest BCUT2D eigenvalue weighted by Gasteiger charge is 2.58. The maximum Gasteiger partial charge on any atom is -0.00301 e. The summed E-state index contributed by atoms with van der Waals surface area (Å²) in [6.07, 6.45) is 2.53. The van der Waals surface area contributed by atoms with Crippen LogP contribution in [-0.2, 0) is 10.8 Å². The summed E-state index contributed by atoms with van der Waals surface area (Å²) in [5.41, 5.74) is 3.62. The average Bonchev–Trinajstić information content (AvgIpc) is 2.54. The van der Waals surface area contributed by atoms with E-state index in [0.29, 0.717) is 16.7 Å². The third-order valence-electron chi connectivity index (χ3n) is 5.85. The third kappa shape index (κ3) is 2.39. The molecule has 1 aliphatic rings. The summed E-state index contributed by atoms with van der Waals surface area (Å²) in [5.74, 6) is 1.43. The van der Waals surface area contributed by atoms with Gasteiger partial charge in [0.25, 0.3) is 0 Å². The SMILES string of the molecule is CC(C)CC1[C@@](C)(c2ccccc2)C[C@]1(C)c1ccccc1. The molecule has 0 amide bonds. The first-order chi connectivity index (χ1) is 10.5. The molecule has 116 valence electrons. The molecule has 0 N–H and O–H groups in total. The number of hydrogen-bond acceptors (Lipinski definition) is 0. The lowest BCUT2D eigenvalue weighted by Gasteiger charge is -2.62. The van der Waals surface area contributed by atoms with Crippen LogP contribution in [0.2, 0.25) is 0 Å². The average molecular weight is 292 g/mol. The predicted octanol–water partition coefficient (Wildman–Crippen LogP) is 5.97. The molecule has 2 aromatic rings. The molecule has 1 aliphatic carbocycles. The van der Waals surface area contributed by atoms with Gasteiger partial charge in [-0.05, 0) is 46.6 Å². The summed E-state index contributed by atoms with van der Waals surface area (Å²) < 4.78 is 0. The molecule has 0 heterocycles. The number of rotatable bonds is 4. The molecule has 0 heteroatoms. The molecule has 0 aromatic heterocycles. The van der Waals surface area contributed by atoms with Crippen molar-refractivity contribution in [2.75, 3.05) is 0 Å². The predicted molar refractivity (Wildman–Crippen MR) is 95.2 cm³/mol. The standard InChI is InChI=1S/C22H28/c1-17(2)15-20-21(3,18-11-7-5-8-12-18)16-22(20,4)19-13-9-6-10-14-19/h5-14,17,20H,15-16H2,1-4H3/t21-,22-/m1/s1. The van der Waals surface area contributed by atoms with Crippen LogP contribution in [-0.4, -0.2) is 0 Å². The fraction of sp³-hybridized carbons (Fsp3) is 0.455. The van der Waals surface area contributed by atoms with Gasteiger partial charge in [-0.1, -0.05) is 88.4 Å². The minimum absolute atomic E-state index is 0.302. The van der Waals surface area contributed by atoms with Crippen LogP contribution in [0, 0.1) is 11.8 Å². The van der Waals surface area contributed by atoms with E-state index in [9.17, 15) is 0 Å². The molecule has 0 aliphatic heterocycles. The lowest BCUT2D eigenvalue weighted by atomic mass is 9.41. The molecule has 0 spiro atoms. The van der Waals surface area contributed by atoms with Gasteiger partial charge < -0.3 is 0 Å². The minimum Gasteiger partial charge on any atom is -0.0628 e. The normalized spacial score (nSPS) is 28.6. The van der Waals surface area contributed by atoms with E-state index in [2.05, 4.69) is 88.4 Å². The third-order valence-corrected chi connectivity index (χ3v) is 5.85. The Morgan fingerprint density at radius 2 is 1.23 bits per heavy atom. The highest BCUT2D eigenvalue weighted by Crippen LogP contribution is 2.62. The van der Waals surface area contributed by atoms with E-state index >= 15 is 0 Å². The smallest absolute Gasteiger partial charge is 0.00301 e. The van der Waals surface area contributed by atoms with Crippen LogP contribution in [0.4, 0.5) is 0 Å². The lowest BCUT2D eigenvalue weighted by Crippen LogP contribution is -2.59. The fourth-order valence-electron chi connectivity index (χ4n) is 4.82. The first kappa shape index (κ1) is 15.3. The molecule has 3 rings (SSSR count). The summed E-state index contributed by atoms with van der Waals surface area (Å²) in [7, 11) is 0. The highest BCUT2D eigenvalue weighted by atomic mass is 14.6. The molecule has 0 bridgehead atoms. The molecular formula is C22H28. The molecule has 2 atom stereocenters. The molecule has 0 saturated heterocycles. The van der Waals surface area contributed by atoms with E-state index in [-0.39, 0.29) is 0 Å². The monoisotopic (exact) mass is 292 g/mol. The Bertz CT molecular complexity index is 562. The Balaban J connectivity index is 1.99. The van der Waals surface area contributed by atoms with Crippen LogP contribution in [0.15, 0.2) is 60.7 Å². The van der Waals surface area contributed by atoms with Crippen LogP contribution in [0.5, 0.6) is 0 Å². The Kier molecular flexibility index (Phi) is 3.89. The molecule has 1 saturated carbocycles. The van der Waals surface area contributed by atoms with E-state index in [1.165, 1.54) is 24.0 Å². The van der Waals surface area contributed by atoms with Crippen molar-refractivity contribution in [3.63, 3.8) is 0 Å². The second-order valence-corrected chi connectivity index (χ2v) is 7.93. The van der Waals surface area contributed by atoms with E-state index in [1.807, 2.05) is 0 Å². The zero-order valence-corrected chi connectivity index (χ0v) is 14.3. The molecule has 1 fully saturated rings. The Labute approximate surface area is 135 Å². The largest absolute Gasteiger partial charge is 0.0628 e. The molecular weight excluding hydrogens is 264 g/mol. The van der Waals surface area contributed by atoms with Gasteiger partial charge in [-0.25, -0.2) is 0 Å². The van der Waals surface area contributed by atoms with Crippen molar-refractivity contribution < 1.29 is 0 Å². The van der Waals surface area contributed by atoms with Crippen molar-refractivity contribution in [1.82, 2.24) is 0 Å². The maximum atomic E-state index is 2.47. The molecule has 2 aromatic carbocycles. The topological polar surface area (TPSA) is 0 Å². The van der Waals surface area contributed by atoms with Gasteiger partial charge in [0.1, 0.15) is 0 Å². The number of benzene rings is 2. The molecule has 0 radical (unpaired) electrons. The summed E-state index contributed by atoms with van der Waals surface area (Å²) in [4.78, 5) is 0. The van der Waals surface area contributed by atoms with Crippen LogP contribution in [0.3, 0.4) is 0 Å². The quantitative estimate of drug-likeness (QED) is 0.651. The molecule has 0 unspecified atom stereocenters. The van der Waals surface area contributed by atoms with Gasteiger partial charge >= 0.3 is 0 Å². The van der Waals surface area contributed by atoms with Crippen molar-refractivity contribution in [2.24, 2.45) is 11.8 Å². The Morgan fingerprint density at radius 3 is 1.59 bits per heavy atom. The van der Waals surface area contributed by atoms with Gasteiger partial charge in [-0.3, -0.25) is 0 Å². The van der Waals surface area contributed by atoms with E-state index in [0.717, 1.165) is 5.92 Å². The summed E-state index contributed by atoms with van der Waals surface area (Å²) in [6, 6.07) is 22.3. The van der Waals surface area contributed by atoms with Crippen LogP contribution in [0.1, 0.15) is 51.7 Å². The van der Waals surface area contributed by atoms with Gasteiger partial charge in [0.05, 0.1) is 0 Å². The zero-order chi connectivity index (χ0) is 15.8.